The maximum Gasteiger partial charge on any atom is 0.0932 e. The van der Waals surface area contributed by atoms with E-state index in [4.69, 9.17) is 4.74 Å². The molecule has 0 unspecified atom stereocenters. The summed E-state index contributed by atoms with van der Waals surface area (Å²) in [6.07, 6.45) is 5.47. The van der Waals surface area contributed by atoms with Crippen LogP contribution in [0.25, 0.3) is 0 Å². The molecule has 2 fully saturated rings. The Morgan fingerprint density at radius 1 is 1.24 bits per heavy atom. The molecular weight excluding hydrogens is 214 g/mol. The molecule has 1 heterocycles. The zero-order chi connectivity index (χ0) is 12.3. The lowest BCUT2D eigenvalue weighted by atomic mass is 9.79. The van der Waals surface area contributed by atoms with Crippen LogP contribution >= 0.6 is 0 Å². The van der Waals surface area contributed by atoms with Gasteiger partial charge < -0.3 is 9.84 Å². The number of morpholine rings is 1. The maximum absolute atomic E-state index is 9.17. The van der Waals surface area contributed by atoms with Gasteiger partial charge in [0.15, 0.2) is 0 Å². The summed E-state index contributed by atoms with van der Waals surface area (Å²) in [7, 11) is 0. The van der Waals surface area contributed by atoms with Gasteiger partial charge in [-0.1, -0.05) is 13.8 Å². The molecule has 0 spiro atoms. The van der Waals surface area contributed by atoms with Gasteiger partial charge in [-0.15, -0.1) is 0 Å². The van der Waals surface area contributed by atoms with Crippen molar-refractivity contribution in [2.24, 2.45) is 11.8 Å². The first-order valence-corrected chi connectivity index (χ1v) is 7.17. The third kappa shape index (κ3) is 3.43. The van der Waals surface area contributed by atoms with Gasteiger partial charge in [0.05, 0.1) is 19.3 Å². The number of nitrogens with zero attached hydrogens (tertiary/aromatic N) is 1. The predicted molar refractivity (Wildman–Crippen MR) is 69.0 cm³/mol. The lowest BCUT2D eigenvalue weighted by Gasteiger charge is -2.41. The van der Waals surface area contributed by atoms with Crippen molar-refractivity contribution in [2.75, 3.05) is 26.3 Å². The highest BCUT2D eigenvalue weighted by atomic mass is 16.5. The van der Waals surface area contributed by atoms with Gasteiger partial charge in [0.1, 0.15) is 0 Å². The van der Waals surface area contributed by atoms with Crippen LogP contribution < -0.4 is 0 Å². The van der Waals surface area contributed by atoms with E-state index in [1.807, 2.05) is 0 Å². The molecule has 100 valence electrons. The number of ether oxygens (including phenoxy) is 1. The molecule has 1 saturated heterocycles. The fourth-order valence-electron chi connectivity index (χ4n) is 3.32. The van der Waals surface area contributed by atoms with Crippen molar-refractivity contribution in [1.82, 2.24) is 4.90 Å². The largest absolute Gasteiger partial charge is 0.394 e. The minimum atomic E-state index is 0.0478. The van der Waals surface area contributed by atoms with E-state index in [1.165, 1.54) is 25.7 Å². The van der Waals surface area contributed by atoms with Crippen LogP contribution in [0.15, 0.2) is 0 Å². The van der Waals surface area contributed by atoms with Crippen LogP contribution in [0.3, 0.4) is 0 Å². The minimum Gasteiger partial charge on any atom is -0.394 e. The van der Waals surface area contributed by atoms with Gasteiger partial charge in [-0.05, 0) is 37.5 Å². The first-order chi connectivity index (χ1) is 8.20. The summed E-state index contributed by atoms with van der Waals surface area (Å²) in [6, 6.07) is 0.739. The van der Waals surface area contributed by atoms with E-state index in [2.05, 4.69) is 18.7 Å². The summed E-state index contributed by atoms with van der Waals surface area (Å²) >= 11 is 0. The highest BCUT2D eigenvalue weighted by molar-refractivity contribution is 4.83. The fourth-order valence-corrected chi connectivity index (χ4v) is 3.32. The lowest BCUT2D eigenvalue weighted by molar-refractivity contribution is -0.0705. The number of aliphatic hydroxyl groups excluding tert-OH is 1. The molecule has 2 rings (SSSR count). The molecule has 3 nitrogen and oxygen atoms in total. The second-order valence-electron chi connectivity index (χ2n) is 5.98. The van der Waals surface area contributed by atoms with Gasteiger partial charge in [0.25, 0.3) is 0 Å². The monoisotopic (exact) mass is 241 g/mol. The first-order valence-electron chi connectivity index (χ1n) is 7.17. The average molecular weight is 241 g/mol. The molecule has 1 aliphatic heterocycles. The minimum absolute atomic E-state index is 0.0478. The second kappa shape index (κ2) is 6.17. The Bertz CT molecular complexity index is 224. The SMILES string of the molecule is CC(C)C1CCC(N2CCO[C@H](CO)C2)CC1. The highest BCUT2D eigenvalue weighted by Gasteiger charge is 2.30. The van der Waals surface area contributed by atoms with E-state index in [0.717, 1.165) is 37.6 Å². The Labute approximate surface area is 105 Å². The molecule has 17 heavy (non-hydrogen) atoms. The van der Waals surface area contributed by atoms with E-state index < -0.39 is 0 Å². The molecule has 3 heteroatoms. The van der Waals surface area contributed by atoms with Crippen LogP contribution in [0.4, 0.5) is 0 Å². The molecule has 1 aliphatic carbocycles. The van der Waals surface area contributed by atoms with Crippen molar-refractivity contribution in [1.29, 1.82) is 0 Å². The standard InChI is InChI=1S/C14H27NO2/c1-11(2)12-3-5-13(6-4-12)15-7-8-17-14(9-15)10-16/h11-14,16H,3-10H2,1-2H3/t12?,13?,14-/m0/s1. The molecule has 0 aromatic rings. The summed E-state index contributed by atoms with van der Waals surface area (Å²) in [4.78, 5) is 2.54. The van der Waals surface area contributed by atoms with E-state index in [9.17, 15) is 5.11 Å². The van der Waals surface area contributed by atoms with Gasteiger partial charge in [-0.25, -0.2) is 0 Å². The van der Waals surface area contributed by atoms with E-state index in [0.29, 0.717) is 0 Å². The zero-order valence-corrected chi connectivity index (χ0v) is 11.3. The molecule has 0 aromatic carbocycles. The number of rotatable bonds is 3. The predicted octanol–water partition coefficient (Wildman–Crippen LogP) is 1.89. The maximum atomic E-state index is 9.17. The van der Waals surface area contributed by atoms with Gasteiger partial charge in [0, 0.05) is 19.1 Å². The van der Waals surface area contributed by atoms with Gasteiger partial charge in [0.2, 0.25) is 0 Å². The van der Waals surface area contributed by atoms with Crippen LogP contribution in [0.1, 0.15) is 39.5 Å². The summed E-state index contributed by atoms with van der Waals surface area (Å²) < 4.78 is 5.52. The number of hydrogen-bond acceptors (Lipinski definition) is 3. The number of hydrogen-bond donors (Lipinski definition) is 1. The Balaban J connectivity index is 1.80. The topological polar surface area (TPSA) is 32.7 Å². The van der Waals surface area contributed by atoms with Gasteiger partial charge >= 0.3 is 0 Å². The van der Waals surface area contributed by atoms with Crippen LogP contribution in [0.2, 0.25) is 0 Å². The van der Waals surface area contributed by atoms with Crippen LogP contribution in [-0.2, 0) is 4.74 Å². The highest BCUT2D eigenvalue weighted by Crippen LogP contribution is 2.32. The third-order valence-electron chi connectivity index (χ3n) is 4.57. The average Bonchev–Trinajstić information content (AvgIpc) is 2.39. The van der Waals surface area contributed by atoms with Crippen LogP contribution in [-0.4, -0.2) is 48.5 Å². The molecule has 1 saturated carbocycles. The third-order valence-corrected chi connectivity index (χ3v) is 4.57. The fraction of sp³-hybridized carbons (Fsp3) is 1.00. The molecule has 0 bridgehead atoms. The van der Waals surface area contributed by atoms with Crippen molar-refractivity contribution < 1.29 is 9.84 Å². The Kier molecular flexibility index (Phi) is 4.83. The van der Waals surface area contributed by atoms with E-state index >= 15 is 0 Å². The summed E-state index contributed by atoms with van der Waals surface area (Å²) in [5.74, 6) is 1.77. The quantitative estimate of drug-likeness (QED) is 0.819. The Morgan fingerprint density at radius 3 is 2.53 bits per heavy atom. The zero-order valence-electron chi connectivity index (χ0n) is 11.3. The van der Waals surface area contributed by atoms with Crippen LogP contribution in [0, 0.1) is 11.8 Å². The van der Waals surface area contributed by atoms with E-state index in [1.54, 1.807) is 0 Å². The van der Waals surface area contributed by atoms with Crippen molar-refractivity contribution >= 4 is 0 Å². The number of aliphatic hydroxyl groups is 1. The molecule has 0 amide bonds. The summed E-state index contributed by atoms with van der Waals surface area (Å²) in [5.41, 5.74) is 0. The molecule has 1 N–H and O–H groups in total. The van der Waals surface area contributed by atoms with Crippen molar-refractivity contribution in [3.05, 3.63) is 0 Å². The lowest BCUT2D eigenvalue weighted by Crippen LogP contribution is -2.49. The Hall–Kier alpha value is -0.120. The molecule has 2 aliphatic rings. The van der Waals surface area contributed by atoms with Crippen LogP contribution in [0.5, 0.6) is 0 Å². The van der Waals surface area contributed by atoms with E-state index in [-0.39, 0.29) is 12.7 Å². The van der Waals surface area contributed by atoms with Crippen molar-refractivity contribution in [3.8, 4) is 0 Å². The smallest absolute Gasteiger partial charge is 0.0932 e. The first kappa shape index (κ1) is 13.3. The second-order valence-corrected chi connectivity index (χ2v) is 5.98. The van der Waals surface area contributed by atoms with Crippen molar-refractivity contribution in [3.63, 3.8) is 0 Å². The van der Waals surface area contributed by atoms with Gasteiger partial charge in [-0.3, -0.25) is 4.90 Å². The normalized spacial score (nSPS) is 36.4. The Morgan fingerprint density at radius 2 is 1.94 bits per heavy atom. The molecular formula is C14H27NO2. The summed E-state index contributed by atoms with van der Waals surface area (Å²) in [5, 5.41) is 9.17. The summed E-state index contributed by atoms with van der Waals surface area (Å²) in [6.45, 7) is 7.62. The van der Waals surface area contributed by atoms with Gasteiger partial charge in [-0.2, -0.15) is 0 Å². The molecule has 1 atom stereocenters. The molecule has 0 aromatic heterocycles. The van der Waals surface area contributed by atoms with Crippen molar-refractivity contribution in [2.45, 2.75) is 51.7 Å². The molecule has 0 radical (unpaired) electrons.